The molecule has 0 amide bonds. The molecular weight excluding hydrogens is 242 g/mol. The minimum atomic E-state index is -0.453. The first kappa shape index (κ1) is 13.9. The van der Waals surface area contributed by atoms with Crippen molar-refractivity contribution in [1.82, 2.24) is 5.32 Å². The first-order valence-electron chi connectivity index (χ1n) is 6.85. The van der Waals surface area contributed by atoms with E-state index < -0.39 is 6.10 Å². The summed E-state index contributed by atoms with van der Waals surface area (Å²) in [5, 5.41) is 3.36. The standard InChI is InChI=1S/C15H21NO3/c1-3-8-16-10-12-6-4-5-11(2)14(12)19-13-7-9-18-15(13)17/h4-6,13,16H,3,7-10H2,1-2H3. The Morgan fingerprint density at radius 3 is 3.00 bits per heavy atom. The summed E-state index contributed by atoms with van der Waals surface area (Å²) in [5.41, 5.74) is 2.14. The smallest absolute Gasteiger partial charge is 0.347 e. The quantitative estimate of drug-likeness (QED) is 0.631. The van der Waals surface area contributed by atoms with E-state index in [0.717, 1.165) is 36.4 Å². The van der Waals surface area contributed by atoms with Crippen molar-refractivity contribution < 1.29 is 14.3 Å². The lowest BCUT2D eigenvalue weighted by molar-refractivity contribution is -0.143. The summed E-state index contributed by atoms with van der Waals surface area (Å²) >= 11 is 0. The van der Waals surface area contributed by atoms with Crippen molar-refractivity contribution >= 4 is 5.97 Å². The van der Waals surface area contributed by atoms with Gasteiger partial charge in [-0.2, -0.15) is 0 Å². The van der Waals surface area contributed by atoms with Crippen molar-refractivity contribution in [2.75, 3.05) is 13.2 Å². The Hall–Kier alpha value is -1.55. The van der Waals surface area contributed by atoms with E-state index in [1.807, 2.05) is 25.1 Å². The number of carbonyl (C=O) groups is 1. The Labute approximate surface area is 114 Å². The van der Waals surface area contributed by atoms with Gasteiger partial charge >= 0.3 is 5.97 Å². The zero-order valence-corrected chi connectivity index (χ0v) is 11.6. The lowest BCUT2D eigenvalue weighted by atomic mass is 10.1. The first-order chi connectivity index (χ1) is 9.22. The number of rotatable bonds is 6. The highest BCUT2D eigenvalue weighted by Crippen LogP contribution is 2.26. The van der Waals surface area contributed by atoms with Crippen molar-refractivity contribution in [3.8, 4) is 5.75 Å². The molecule has 1 unspecified atom stereocenters. The second kappa shape index (κ2) is 6.57. The number of carbonyl (C=O) groups excluding carboxylic acids is 1. The molecule has 1 heterocycles. The molecule has 1 atom stereocenters. The van der Waals surface area contributed by atoms with Crippen LogP contribution in [0.1, 0.15) is 30.9 Å². The Bertz CT molecular complexity index is 445. The van der Waals surface area contributed by atoms with E-state index in [4.69, 9.17) is 9.47 Å². The molecule has 1 aromatic rings. The van der Waals surface area contributed by atoms with Crippen LogP contribution in [0.5, 0.6) is 5.75 Å². The number of aryl methyl sites for hydroxylation is 1. The number of ether oxygens (including phenoxy) is 2. The number of hydrogen-bond donors (Lipinski definition) is 1. The summed E-state index contributed by atoms with van der Waals surface area (Å²) in [6.45, 7) is 6.32. The average Bonchev–Trinajstić information content (AvgIpc) is 2.79. The second-order valence-electron chi connectivity index (χ2n) is 4.80. The van der Waals surface area contributed by atoms with Crippen LogP contribution in [0.2, 0.25) is 0 Å². The van der Waals surface area contributed by atoms with Crippen molar-refractivity contribution in [2.24, 2.45) is 0 Å². The number of benzene rings is 1. The minimum Gasteiger partial charge on any atom is -0.478 e. The van der Waals surface area contributed by atoms with Crippen LogP contribution in [0.15, 0.2) is 18.2 Å². The number of esters is 1. The third-order valence-corrected chi connectivity index (χ3v) is 3.18. The van der Waals surface area contributed by atoms with Crippen LogP contribution in [0.25, 0.3) is 0 Å². The number of para-hydroxylation sites is 1. The SMILES string of the molecule is CCCNCc1cccc(C)c1OC1CCOC1=O. The van der Waals surface area contributed by atoms with E-state index in [9.17, 15) is 4.79 Å². The fraction of sp³-hybridized carbons (Fsp3) is 0.533. The molecule has 1 aliphatic heterocycles. The molecular formula is C15H21NO3. The monoisotopic (exact) mass is 263 g/mol. The molecule has 0 spiro atoms. The lowest BCUT2D eigenvalue weighted by Gasteiger charge is -2.17. The maximum absolute atomic E-state index is 11.5. The van der Waals surface area contributed by atoms with E-state index in [1.54, 1.807) is 0 Å². The molecule has 0 aromatic heterocycles. The van der Waals surface area contributed by atoms with Gasteiger partial charge in [-0.25, -0.2) is 4.79 Å². The van der Waals surface area contributed by atoms with Crippen LogP contribution in [-0.2, 0) is 16.1 Å². The number of nitrogens with one attached hydrogen (secondary N) is 1. The summed E-state index contributed by atoms with van der Waals surface area (Å²) in [7, 11) is 0. The van der Waals surface area contributed by atoms with Gasteiger partial charge in [0.1, 0.15) is 5.75 Å². The van der Waals surface area contributed by atoms with E-state index in [-0.39, 0.29) is 5.97 Å². The molecule has 1 saturated heterocycles. The summed E-state index contributed by atoms with van der Waals surface area (Å²) in [5.74, 6) is 0.561. The number of cyclic esters (lactones) is 1. The van der Waals surface area contributed by atoms with Crippen molar-refractivity contribution in [2.45, 2.75) is 39.3 Å². The first-order valence-corrected chi connectivity index (χ1v) is 6.85. The third kappa shape index (κ3) is 3.47. The van der Waals surface area contributed by atoms with Crippen LogP contribution in [0.4, 0.5) is 0 Å². The van der Waals surface area contributed by atoms with Crippen LogP contribution in [-0.4, -0.2) is 25.2 Å². The zero-order valence-electron chi connectivity index (χ0n) is 11.6. The van der Waals surface area contributed by atoms with Crippen molar-refractivity contribution in [3.05, 3.63) is 29.3 Å². The average molecular weight is 263 g/mol. The Balaban J connectivity index is 2.10. The largest absolute Gasteiger partial charge is 0.478 e. The van der Waals surface area contributed by atoms with Crippen LogP contribution in [0.3, 0.4) is 0 Å². The molecule has 1 aliphatic rings. The van der Waals surface area contributed by atoms with Crippen molar-refractivity contribution in [1.29, 1.82) is 0 Å². The molecule has 1 aromatic carbocycles. The van der Waals surface area contributed by atoms with Gasteiger partial charge < -0.3 is 14.8 Å². The van der Waals surface area contributed by atoms with E-state index in [0.29, 0.717) is 13.0 Å². The van der Waals surface area contributed by atoms with E-state index >= 15 is 0 Å². The van der Waals surface area contributed by atoms with Crippen LogP contribution in [0, 0.1) is 6.92 Å². The van der Waals surface area contributed by atoms with Gasteiger partial charge in [-0.15, -0.1) is 0 Å². The van der Waals surface area contributed by atoms with Crippen molar-refractivity contribution in [3.63, 3.8) is 0 Å². The summed E-state index contributed by atoms with van der Waals surface area (Å²) < 4.78 is 10.8. The van der Waals surface area contributed by atoms with Crippen LogP contribution >= 0.6 is 0 Å². The Morgan fingerprint density at radius 2 is 2.32 bits per heavy atom. The fourth-order valence-corrected chi connectivity index (χ4v) is 2.15. The summed E-state index contributed by atoms with van der Waals surface area (Å²) in [6.07, 6.45) is 1.28. The number of hydrogen-bond acceptors (Lipinski definition) is 4. The lowest BCUT2D eigenvalue weighted by Crippen LogP contribution is -2.23. The highest BCUT2D eigenvalue weighted by molar-refractivity contribution is 5.77. The third-order valence-electron chi connectivity index (χ3n) is 3.18. The molecule has 2 rings (SSSR count). The minimum absolute atomic E-state index is 0.254. The van der Waals surface area contributed by atoms with Gasteiger partial charge in [0.25, 0.3) is 0 Å². The highest BCUT2D eigenvalue weighted by Gasteiger charge is 2.29. The zero-order chi connectivity index (χ0) is 13.7. The predicted octanol–water partition coefficient (Wildman–Crippen LogP) is 2.19. The molecule has 19 heavy (non-hydrogen) atoms. The maximum Gasteiger partial charge on any atom is 0.347 e. The van der Waals surface area contributed by atoms with Gasteiger partial charge in [-0.1, -0.05) is 25.1 Å². The molecule has 0 saturated carbocycles. The molecule has 4 heteroatoms. The Morgan fingerprint density at radius 1 is 1.47 bits per heavy atom. The van der Waals surface area contributed by atoms with Crippen LogP contribution < -0.4 is 10.1 Å². The maximum atomic E-state index is 11.5. The molecule has 4 nitrogen and oxygen atoms in total. The normalized spacial score (nSPS) is 18.4. The molecule has 0 aliphatic carbocycles. The summed E-state index contributed by atoms with van der Waals surface area (Å²) in [6, 6.07) is 6.04. The molecule has 0 radical (unpaired) electrons. The Kier molecular flexibility index (Phi) is 4.80. The fourth-order valence-electron chi connectivity index (χ4n) is 2.15. The van der Waals surface area contributed by atoms with E-state index in [2.05, 4.69) is 12.2 Å². The second-order valence-corrected chi connectivity index (χ2v) is 4.80. The van der Waals surface area contributed by atoms with Gasteiger partial charge in [0.05, 0.1) is 6.61 Å². The van der Waals surface area contributed by atoms with Gasteiger partial charge in [-0.3, -0.25) is 0 Å². The topological polar surface area (TPSA) is 47.6 Å². The molecule has 104 valence electrons. The van der Waals surface area contributed by atoms with Gasteiger partial charge in [-0.05, 0) is 25.5 Å². The van der Waals surface area contributed by atoms with Gasteiger partial charge in [0.15, 0.2) is 6.10 Å². The molecule has 1 fully saturated rings. The molecule has 0 bridgehead atoms. The van der Waals surface area contributed by atoms with Gasteiger partial charge in [0, 0.05) is 18.5 Å². The highest BCUT2D eigenvalue weighted by atomic mass is 16.6. The molecule has 1 N–H and O–H groups in total. The summed E-state index contributed by atoms with van der Waals surface area (Å²) in [4.78, 5) is 11.5. The van der Waals surface area contributed by atoms with E-state index in [1.165, 1.54) is 0 Å². The van der Waals surface area contributed by atoms with Gasteiger partial charge in [0.2, 0.25) is 0 Å². The predicted molar refractivity (Wildman–Crippen MR) is 73.2 cm³/mol.